The van der Waals surface area contributed by atoms with Crippen LogP contribution in [0.25, 0.3) is 0 Å². The summed E-state index contributed by atoms with van der Waals surface area (Å²) in [5.41, 5.74) is 3.54. The maximum absolute atomic E-state index is 13.4. The molecule has 1 aromatic carbocycles. The Morgan fingerprint density at radius 2 is 1.67 bits per heavy atom. The minimum atomic E-state index is -2.86. The molecule has 0 spiro atoms. The molecule has 2 unspecified atom stereocenters. The van der Waals surface area contributed by atoms with Crippen molar-refractivity contribution in [1.82, 2.24) is 29.0 Å². The monoisotopic (exact) mass is 595 g/mol. The summed E-state index contributed by atoms with van der Waals surface area (Å²) < 4.78 is 25.5. The van der Waals surface area contributed by atoms with Crippen molar-refractivity contribution >= 4 is 16.3 Å². The standard InChI is InChI=1S/C32H46N6O3S/c1-23-19-36(32(4)12-14-35(15-13-32)31(39)30-24(2)33-22-34-25(30)3)16-17-38(23)29(18-26-8-6-5-7-9-26)27-20-37(21-27)42(40,41)28-10-11-28/h5-9,22-23,27-29H,10-21H2,1-4H3/p+1/t23?,29-/m0/s1. The van der Waals surface area contributed by atoms with Gasteiger partial charge in [0.25, 0.3) is 16.3 Å². The van der Waals surface area contributed by atoms with Gasteiger partial charge in [0.1, 0.15) is 6.33 Å². The first kappa shape index (κ1) is 29.8. The van der Waals surface area contributed by atoms with E-state index in [2.05, 4.69) is 63.9 Å². The molecule has 4 fully saturated rings. The van der Waals surface area contributed by atoms with Crippen LogP contribution in [0.1, 0.15) is 66.8 Å². The molecule has 2 aromatic rings. The van der Waals surface area contributed by atoms with Crippen molar-refractivity contribution in [2.24, 2.45) is 5.92 Å². The predicted octanol–water partition coefficient (Wildman–Crippen LogP) is 3.69. The van der Waals surface area contributed by atoms with Gasteiger partial charge in [-0.2, -0.15) is 4.55 Å². The van der Waals surface area contributed by atoms with E-state index >= 15 is 0 Å². The van der Waals surface area contributed by atoms with Gasteiger partial charge in [0.2, 0.25) is 0 Å². The third kappa shape index (κ3) is 5.80. The van der Waals surface area contributed by atoms with Crippen LogP contribution in [0.5, 0.6) is 0 Å². The van der Waals surface area contributed by atoms with Gasteiger partial charge in [-0.3, -0.25) is 14.6 Å². The Hall–Kier alpha value is -2.24. The molecule has 228 valence electrons. The van der Waals surface area contributed by atoms with E-state index in [9.17, 15) is 13.6 Å². The lowest BCUT2D eigenvalue weighted by Gasteiger charge is -2.54. The second-order valence-electron chi connectivity index (χ2n) is 13.3. The van der Waals surface area contributed by atoms with Crippen molar-refractivity contribution in [1.29, 1.82) is 0 Å². The first-order chi connectivity index (χ1) is 20.1. The smallest absolute Gasteiger partial charge is 0.294 e. The largest absolute Gasteiger partial charge is 0.338 e. The molecule has 1 aromatic heterocycles. The van der Waals surface area contributed by atoms with Crippen LogP contribution in [0.4, 0.5) is 0 Å². The minimum Gasteiger partial charge on any atom is -0.338 e. The summed E-state index contributed by atoms with van der Waals surface area (Å²) in [6.07, 6.45) is 6.17. The highest BCUT2D eigenvalue weighted by atomic mass is 32.3. The number of piperidine rings is 1. The molecular weight excluding hydrogens is 548 g/mol. The van der Waals surface area contributed by atoms with Crippen molar-refractivity contribution in [2.45, 2.75) is 82.7 Å². The number of benzene rings is 1. The summed E-state index contributed by atoms with van der Waals surface area (Å²) in [5, 5.41) is -0.0231. The SMILES string of the molecule is Cc1ncnc(C)c1C(=O)N1CCC(C)(N2CCN([C@@H](Cc3ccccc3)C3CN([S+](=O)(O)C4CC4)C3)C(C)C2)CC1. The van der Waals surface area contributed by atoms with Crippen molar-refractivity contribution in [2.75, 3.05) is 45.8 Å². The van der Waals surface area contributed by atoms with E-state index in [1.54, 1.807) is 0 Å². The number of nitrogens with zero attached hydrogens (tertiary/aromatic N) is 6. The number of carbonyl (C=O) groups excluding carboxylic acids is 1. The molecule has 4 heterocycles. The maximum Gasteiger partial charge on any atom is 0.294 e. The molecule has 3 aliphatic heterocycles. The number of likely N-dealkylation sites (tertiary alicyclic amines) is 1. The fourth-order valence-corrected chi connectivity index (χ4v) is 9.43. The van der Waals surface area contributed by atoms with E-state index in [4.69, 9.17) is 0 Å². The third-order valence-corrected chi connectivity index (χ3v) is 12.9. The number of rotatable bonds is 8. The van der Waals surface area contributed by atoms with E-state index in [0.29, 0.717) is 36.7 Å². The van der Waals surface area contributed by atoms with Gasteiger partial charge in [-0.05, 0) is 56.7 Å². The number of piperazine rings is 1. The quantitative estimate of drug-likeness (QED) is 0.466. The number of aromatic nitrogens is 2. The van der Waals surface area contributed by atoms with Gasteiger partial charge >= 0.3 is 0 Å². The van der Waals surface area contributed by atoms with E-state index < -0.39 is 10.4 Å². The second kappa shape index (κ2) is 11.7. The molecule has 6 rings (SSSR count). The minimum absolute atomic E-state index is 0.0231. The molecule has 4 aliphatic rings. The molecule has 1 amide bonds. The summed E-state index contributed by atoms with van der Waals surface area (Å²) in [7, 11) is -2.86. The van der Waals surface area contributed by atoms with E-state index in [0.717, 1.165) is 76.2 Å². The van der Waals surface area contributed by atoms with Gasteiger partial charge < -0.3 is 4.90 Å². The molecule has 3 atom stereocenters. The Labute approximate surface area is 252 Å². The van der Waals surface area contributed by atoms with Crippen LogP contribution >= 0.6 is 0 Å². The Kier molecular flexibility index (Phi) is 8.30. The zero-order valence-corrected chi connectivity index (χ0v) is 26.4. The highest BCUT2D eigenvalue weighted by Crippen LogP contribution is 2.40. The van der Waals surface area contributed by atoms with Gasteiger partial charge in [-0.25, -0.2) is 9.97 Å². The predicted molar refractivity (Wildman–Crippen MR) is 165 cm³/mol. The van der Waals surface area contributed by atoms with Crippen LogP contribution < -0.4 is 0 Å². The van der Waals surface area contributed by atoms with Crippen LogP contribution in [-0.4, -0.2) is 108 Å². The normalized spacial score (nSPS) is 26.4. The van der Waals surface area contributed by atoms with E-state index in [1.807, 2.05) is 23.1 Å². The molecule has 1 N–H and O–H groups in total. The lowest BCUT2D eigenvalue weighted by atomic mass is 9.84. The van der Waals surface area contributed by atoms with Crippen LogP contribution in [0.15, 0.2) is 36.7 Å². The van der Waals surface area contributed by atoms with E-state index in [1.165, 1.54) is 11.9 Å². The number of hydrogen-bond acceptors (Lipinski definition) is 6. The lowest BCUT2D eigenvalue weighted by Crippen LogP contribution is -2.67. The van der Waals surface area contributed by atoms with Gasteiger partial charge in [0, 0.05) is 69.1 Å². The molecule has 0 bridgehead atoms. The maximum atomic E-state index is 13.4. The molecule has 10 heteroatoms. The van der Waals surface area contributed by atoms with Crippen molar-refractivity contribution < 1.29 is 13.6 Å². The zero-order chi connectivity index (χ0) is 29.6. The van der Waals surface area contributed by atoms with Crippen molar-refractivity contribution in [3.63, 3.8) is 0 Å². The van der Waals surface area contributed by atoms with Crippen LogP contribution in [0, 0.1) is 19.8 Å². The van der Waals surface area contributed by atoms with Gasteiger partial charge in [-0.1, -0.05) is 34.6 Å². The fraction of sp³-hybridized carbons (Fsp3) is 0.656. The molecule has 3 saturated heterocycles. The summed E-state index contributed by atoms with van der Waals surface area (Å²) >= 11 is 0. The molecule has 42 heavy (non-hydrogen) atoms. The Bertz CT molecular complexity index is 1300. The van der Waals surface area contributed by atoms with Gasteiger partial charge in [0.05, 0.1) is 30.0 Å². The Morgan fingerprint density at radius 3 is 2.26 bits per heavy atom. The number of amides is 1. The molecule has 9 nitrogen and oxygen atoms in total. The topological polar surface area (TPSA) is 93.1 Å². The lowest BCUT2D eigenvalue weighted by molar-refractivity contribution is -0.0484. The average molecular weight is 596 g/mol. The molecule has 1 saturated carbocycles. The van der Waals surface area contributed by atoms with Gasteiger partial charge in [-0.15, -0.1) is 0 Å². The van der Waals surface area contributed by atoms with Crippen molar-refractivity contribution in [3.05, 3.63) is 59.2 Å². The number of carbonyl (C=O) groups is 1. The van der Waals surface area contributed by atoms with E-state index in [-0.39, 0.29) is 16.7 Å². The first-order valence-electron chi connectivity index (χ1n) is 15.7. The molecule has 0 radical (unpaired) electrons. The Morgan fingerprint density at radius 1 is 1.02 bits per heavy atom. The fourth-order valence-electron chi connectivity index (χ4n) is 7.45. The average Bonchev–Trinajstić information content (AvgIpc) is 3.79. The van der Waals surface area contributed by atoms with Gasteiger partial charge in [0.15, 0.2) is 5.25 Å². The molecular formula is C32H47N6O3S+. The summed E-state index contributed by atoms with van der Waals surface area (Å²) in [6.45, 7) is 14.4. The number of aryl methyl sites for hydroxylation is 2. The highest BCUT2D eigenvalue weighted by molar-refractivity contribution is 7.96. The van der Waals surface area contributed by atoms with Crippen LogP contribution in [-0.2, 0) is 21.0 Å². The zero-order valence-electron chi connectivity index (χ0n) is 25.6. The third-order valence-electron chi connectivity index (χ3n) is 10.5. The summed E-state index contributed by atoms with van der Waals surface area (Å²) in [5.74, 6) is 0.447. The number of hydrogen-bond donors (Lipinski definition) is 1. The molecule has 1 aliphatic carbocycles. The first-order valence-corrected chi connectivity index (χ1v) is 17.2. The summed E-state index contributed by atoms with van der Waals surface area (Å²) in [6, 6.07) is 11.4. The highest BCUT2D eigenvalue weighted by Gasteiger charge is 2.57. The van der Waals surface area contributed by atoms with Crippen molar-refractivity contribution in [3.8, 4) is 0 Å². The Balaban J connectivity index is 1.10. The van der Waals surface area contributed by atoms with Crippen LogP contribution in [0.3, 0.4) is 0 Å². The summed E-state index contributed by atoms with van der Waals surface area (Å²) in [4.78, 5) is 29.2. The van der Waals surface area contributed by atoms with Crippen LogP contribution in [0.2, 0.25) is 0 Å². The second-order valence-corrected chi connectivity index (χ2v) is 15.6.